The van der Waals surface area contributed by atoms with Gasteiger partial charge >= 0.3 is 0 Å². The van der Waals surface area contributed by atoms with Crippen molar-refractivity contribution in [2.45, 2.75) is 33.4 Å². The molecule has 0 aliphatic carbocycles. The molecule has 1 N–H and O–H groups in total. The van der Waals surface area contributed by atoms with E-state index in [4.69, 9.17) is 0 Å². The Morgan fingerprint density at radius 2 is 2.29 bits per heavy atom. The van der Waals surface area contributed by atoms with Crippen LogP contribution in [0.2, 0.25) is 0 Å². The molecule has 2 heterocycles. The highest BCUT2D eigenvalue weighted by Crippen LogP contribution is 2.12. The van der Waals surface area contributed by atoms with E-state index in [0.717, 1.165) is 36.8 Å². The normalized spacial score (nSPS) is 10.9. The highest BCUT2D eigenvalue weighted by Gasteiger charge is 2.02. The van der Waals surface area contributed by atoms with Gasteiger partial charge in [-0.3, -0.25) is 0 Å². The number of aromatic nitrogens is 3. The lowest BCUT2D eigenvalue weighted by Crippen LogP contribution is -2.13. The van der Waals surface area contributed by atoms with E-state index < -0.39 is 0 Å². The van der Waals surface area contributed by atoms with E-state index in [-0.39, 0.29) is 0 Å². The predicted molar refractivity (Wildman–Crippen MR) is 70.2 cm³/mol. The van der Waals surface area contributed by atoms with E-state index in [0.29, 0.717) is 0 Å². The molecule has 0 aromatic carbocycles. The fourth-order valence-corrected chi connectivity index (χ4v) is 2.40. The zero-order chi connectivity index (χ0) is 12.1. The van der Waals surface area contributed by atoms with Crippen molar-refractivity contribution in [2.24, 2.45) is 0 Å². The summed E-state index contributed by atoms with van der Waals surface area (Å²) in [5, 5.41) is 4.48. The molecule has 2 aromatic rings. The minimum atomic E-state index is 0.819. The summed E-state index contributed by atoms with van der Waals surface area (Å²) in [6, 6.07) is 0. The second-order valence-corrected chi connectivity index (χ2v) is 5.40. The Labute approximate surface area is 106 Å². The summed E-state index contributed by atoms with van der Waals surface area (Å²) in [5.41, 5.74) is 1.09. The van der Waals surface area contributed by atoms with Crippen molar-refractivity contribution >= 4 is 11.3 Å². The number of hydrogen-bond acceptors (Lipinski definition) is 4. The zero-order valence-electron chi connectivity index (χ0n) is 10.3. The Balaban J connectivity index is 1.89. The molecule has 0 atom stereocenters. The fraction of sp³-hybridized carbons (Fsp3) is 0.500. The van der Waals surface area contributed by atoms with Gasteiger partial charge in [0.1, 0.15) is 5.01 Å². The van der Waals surface area contributed by atoms with Crippen LogP contribution in [0.3, 0.4) is 0 Å². The average Bonchev–Trinajstić information content (AvgIpc) is 2.90. The van der Waals surface area contributed by atoms with Gasteiger partial charge in [-0.15, -0.1) is 11.3 Å². The van der Waals surface area contributed by atoms with Gasteiger partial charge in [0.2, 0.25) is 0 Å². The Morgan fingerprint density at radius 1 is 1.41 bits per heavy atom. The molecule has 0 spiro atoms. The van der Waals surface area contributed by atoms with E-state index in [2.05, 4.69) is 39.9 Å². The molecule has 0 saturated heterocycles. The first-order chi connectivity index (χ1) is 8.28. The first-order valence-corrected chi connectivity index (χ1v) is 6.72. The van der Waals surface area contributed by atoms with E-state index in [1.165, 1.54) is 4.88 Å². The molecule has 0 saturated carbocycles. The van der Waals surface area contributed by atoms with E-state index in [1.54, 1.807) is 11.3 Å². The van der Waals surface area contributed by atoms with Crippen molar-refractivity contribution in [3.8, 4) is 0 Å². The van der Waals surface area contributed by atoms with E-state index >= 15 is 0 Å². The molecule has 0 amide bonds. The number of nitrogens with zero attached hydrogens (tertiary/aromatic N) is 3. The zero-order valence-corrected chi connectivity index (χ0v) is 11.1. The first-order valence-electron chi connectivity index (χ1n) is 5.90. The van der Waals surface area contributed by atoms with Gasteiger partial charge in [0.05, 0.1) is 18.6 Å². The molecule has 92 valence electrons. The Morgan fingerprint density at radius 3 is 3.00 bits per heavy atom. The molecule has 0 aliphatic rings. The molecule has 17 heavy (non-hydrogen) atoms. The predicted octanol–water partition coefficient (Wildman–Crippen LogP) is 2.20. The molecule has 0 aliphatic heterocycles. The van der Waals surface area contributed by atoms with Gasteiger partial charge in [-0.1, -0.05) is 6.92 Å². The molecular weight excluding hydrogens is 232 g/mol. The van der Waals surface area contributed by atoms with Crippen LogP contribution in [0.1, 0.15) is 28.9 Å². The lowest BCUT2D eigenvalue weighted by molar-refractivity contribution is 0.665. The van der Waals surface area contributed by atoms with Crippen molar-refractivity contribution in [1.82, 2.24) is 19.9 Å². The summed E-state index contributed by atoms with van der Waals surface area (Å²) in [4.78, 5) is 9.97. The summed E-state index contributed by atoms with van der Waals surface area (Å²) >= 11 is 1.74. The fourth-order valence-electron chi connectivity index (χ4n) is 1.61. The third-order valence-electron chi connectivity index (χ3n) is 2.41. The van der Waals surface area contributed by atoms with Gasteiger partial charge in [0.25, 0.3) is 0 Å². The van der Waals surface area contributed by atoms with Crippen molar-refractivity contribution in [1.29, 1.82) is 0 Å². The lowest BCUT2D eigenvalue weighted by Gasteiger charge is -1.99. The first kappa shape index (κ1) is 12.3. The van der Waals surface area contributed by atoms with Gasteiger partial charge in [-0.05, 0) is 19.9 Å². The molecular formula is C12H18N4S. The van der Waals surface area contributed by atoms with Crippen LogP contribution in [0, 0.1) is 6.92 Å². The third-order valence-corrected chi connectivity index (χ3v) is 3.30. The summed E-state index contributed by atoms with van der Waals surface area (Å²) in [6.07, 6.45) is 7.03. The molecule has 0 bridgehead atoms. The number of rotatable bonds is 6. The summed E-state index contributed by atoms with van der Waals surface area (Å²) in [7, 11) is 0. The Hall–Kier alpha value is -1.20. The van der Waals surface area contributed by atoms with Crippen LogP contribution in [-0.2, 0) is 13.1 Å². The topological polar surface area (TPSA) is 42.7 Å². The molecule has 4 nitrogen and oxygen atoms in total. The SMILES string of the molecule is CCCNCc1cn(Cc2ncc(C)s2)cn1. The summed E-state index contributed by atoms with van der Waals surface area (Å²) in [6.45, 7) is 6.95. The summed E-state index contributed by atoms with van der Waals surface area (Å²) < 4.78 is 2.08. The minimum absolute atomic E-state index is 0.819. The van der Waals surface area contributed by atoms with Gasteiger partial charge in [0.15, 0.2) is 0 Å². The quantitative estimate of drug-likeness (QED) is 0.799. The van der Waals surface area contributed by atoms with Gasteiger partial charge in [-0.2, -0.15) is 0 Å². The standard InChI is InChI=1S/C12H18N4S/c1-3-4-13-6-11-7-16(9-15-11)8-12-14-5-10(2)17-12/h5,7,9,13H,3-4,6,8H2,1-2H3. The van der Waals surface area contributed by atoms with Gasteiger partial charge in [-0.25, -0.2) is 9.97 Å². The second-order valence-electron chi connectivity index (χ2n) is 4.08. The van der Waals surface area contributed by atoms with Crippen LogP contribution in [0.15, 0.2) is 18.7 Å². The van der Waals surface area contributed by atoms with E-state index in [1.807, 2.05) is 12.5 Å². The minimum Gasteiger partial charge on any atom is -0.330 e. The molecule has 0 unspecified atom stereocenters. The van der Waals surface area contributed by atoms with Crippen molar-refractivity contribution in [3.63, 3.8) is 0 Å². The molecule has 5 heteroatoms. The Kier molecular flexibility index (Phi) is 4.28. The molecule has 0 fully saturated rings. The van der Waals surface area contributed by atoms with Crippen LogP contribution in [-0.4, -0.2) is 21.1 Å². The number of imidazole rings is 1. The van der Waals surface area contributed by atoms with Crippen LogP contribution >= 0.6 is 11.3 Å². The highest BCUT2D eigenvalue weighted by atomic mass is 32.1. The van der Waals surface area contributed by atoms with Crippen LogP contribution in [0.4, 0.5) is 0 Å². The lowest BCUT2D eigenvalue weighted by atomic mass is 10.4. The van der Waals surface area contributed by atoms with Crippen LogP contribution < -0.4 is 5.32 Å². The van der Waals surface area contributed by atoms with Crippen molar-refractivity contribution in [2.75, 3.05) is 6.54 Å². The third kappa shape index (κ3) is 3.64. The van der Waals surface area contributed by atoms with Crippen LogP contribution in [0.5, 0.6) is 0 Å². The molecule has 2 aromatic heterocycles. The maximum absolute atomic E-state index is 4.37. The van der Waals surface area contributed by atoms with E-state index in [9.17, 15) is 0 Å². The maximum Gasteiger partial charge on any atom is 0.113 e. The number of thiazole rings is 1. The summed E-state index contributed by atoms with van der Waals surface area (Å²) in [5.74, 6) is 0. The molecule has 2 rings (SSSR count). The Bertz CT molecular complexity index is 461. The second kappa shape index (κ2) is 5.93. The smallest absolute Gasteiger partial charge is 0.113 e. The number of nitrogens with one attached hydrogen (secondary N) is 1. The highest BCUT2D eigenvalue weighted by molar-refractivity contribution is 7.11. The van der Waals surface area contributed by atoms with Crippen LogP contribution in [0.25, 0.3) is 0 Å². The average molecular weight is 250 g/mol. The molecule has 0 radical (unpaired) electrons. The maximum atomic E-state index is 4.37. The number of hydrogen-bond donors (Lipinski definition) is 1. The largest absolute Gasteiger partial charge is 0.330 e. The van der Waals surface area contributed by atoms with Gasteiger partial charge < -0.3 is 9.88 Å². The van der Waals surface area contributed by atoms with Crippen molar-refractivity contribution < 1.29 is 0 Å². The van der Waals surface area contributed by atoms with Gasteiger partial charge in [0, 0.05) is 23.8 Å². The number of aryl methyl sites for hydroxylation is 1. The monoisotopic (exact) mass is 250 g/mol. The van der Waals surface area contributed by atoms with Crippen molar-refractivity contribution in [3.05, 3.63) is 34.3 Å².